The van der Waals surface area contributed by atoms with Crippen LogP contribution >= 0.6 is 15.9 Å². The number of hydrogen-bond acceptors (Lipinski definition) is 3. The van der Waals surface area contributed by atoms with Crippen molar-refractivity contribution in [3.63, 3.8) is 0 Å². The third kappa shape index (κ3) is 1.81. The first kappa shape index (κ1) is 12.1. The van der Waals surface area contributed by atoms with Crippen LogP contribution < -0.4 is 5.73 Å². The van der Waals surface area contributed by atoms with Crippen LogP contribution in [0.4, 0.5) is 0 Å². The molecule has 0 amide bonds. The largest absolute Gasteiger partial charge is 0.382 e. The normalized spacial score (nSPS) is 20.1. The van der Waals surface area contributed by atoms with E-state index in [1.165, 1.54) is 0 Å². The molecule has 3 N–H and O–H groups in total. The van der Waals surface area contributed by atoms with Crippen LogP contribution in [0, 0.1) is 5.92 Å². The van der Waals surface area contributed by atoms with E-state index in [0.717, 1.165) is 23.0 Å². The second kappa shape index (κ2) is 4.13. The average Bonchev–Trinajstić information content (AvgIpc) is 3.01. The van der Waals surface area contributed by atoms with Crippen LogP contribution in [-0.2, 0) is 5.60 Å². The zero-order valence-electron chi connectivity index (χ0n) is 9.65. The van der Waals surface area contributed by atoms with Crippen LogP contribution in [-0.4, -0.2) is 21.4 Å². The summed E-state index contributed by atoms with van der Waals surface area (Å²) in [5.41, 5.74) is 5.66. The molecular weight excluding hydrogens is 270 g/mol. The number of nitrogens with two attached hydrogens (primary N) is 1. The van der Waals surface area contributed by atoms with Crippen LogP contribution in [0.5, 0.6) is 0 Å². The van der Waals surface area contributed by atoms with Gasteiger partial charge in [0.25, 0.3) is 0 Å². The Hall–Kier alpha value is -0.390. The van der Waals surface area contributed by atoms with Gasteiger partial charge in [-0.05, 0) is 48.5 Å². The van der Waals surface area contributed by atoms with Crippen molar-refractivity contribution in [2.75, 3.05) is 6.54 Å². The Morgan fingerprint density at radius 2 is 2.31 bits per heavy atom. The van der Waals surface area contributed by atoms with Gasteiger partial charge in [-0.15, -0.1) is 0 Å². The van der Waals surface area contributed by atoms with Gasteiger partial charge in [0.05, 0.1) is 16.4 Å². The molecule has 1 aromatic heterocycles. The summed E-state index contributed by atoms with van der Waals surface area (Å²) in [6.07, 6.45) is 3.82. The van der Waals surface area contributed by atoms with Gasteiger partial charge in [-0.25, -0.2) is 0 Å². The summed E-state index contributed by atoms with van der Waals surface area (Å²) in [6, 6.07) is 0.220. The molecule has 1 fully saturated rings. The quantitative estimate of drug-likeness (QED) is 0.887. The van der Waals surface area contributed by atoms with E-state index in [0.29, 0.717) is 0 Å². The number of aliphatic hydroxyl groups is 1. The topological polar surface area (TPSA) is 64.1 Å². The predicted octanol–water partition coefficient (Wildman–Crippen LogP) is 1.78. The van der Waals surface area contributed by atoms with Gasteiger partial charge in [-0.1, -0.05) is 0 Å². The van der Waals surface area contributed by atoms with Crippen LogP contribution in [0.2, 0.25) is 0 Å². The van der Waals surface area contributed by atoms with E-state index in [2.05, 4.69) is 21.0 Å². The van der Waals surface area contributed by atoms with Crippen LogP contribution in [0.15, 0.2) is 10.7 Å². The van der Waals surface area contributed by atoms with Crippen LogP contribution in [0.3, 0.4) is 0 Å². The Morgan fingerprint density at radius 1 is 1.69 bits per heavy atom. The maximum Gasteiger partial charge on any atom is 0.122 e. The van der Waals surface area contributed by atoms with E-state index in [1.54, 1.807) is 6.20 Å². The molecule has 1 saturated carbocycles. The van der Waals surface area contributed by atoms with Gasteiger partial charge in [0.15, 0.2) is 0 Å². The van der Waals surface area contributed by atoms with Gasteiger partial charge in [-0.3, -0.25) is 4.68 Å². The first-order valence-corrected chi connectivity index (χ1v) is 6.46. The minimum Gasteiger partial charge on any atom is -0.382 e. The number of halogens is 1. The molecular formula is C11H18BrN3O. The summed E-state index contributed by atoms with van der Waals surface area (Å²) in [5, 5.41) is 15.0. The zero-order chi connectivity index (χ0) is 11.9. The molecule has 0 aromatic carbocycles. The van der Waals surface area contributed by atoms with Crippen molar-refractivity contribution in [2.24, 2.45) is 11.7 Å². The van der Waals surface area contributed by atoms with Crippen molar-refractivity contribution in [1.82, 2.24) is 9.78 Å². The smallest absolute Gasteiger partial charge is 0.122 e. The summed E-state index contributed by atoms with van der Waals surface area (Å²) in [4.78, 5) is 0. The maximum absolute atomic E-state index is 10.7. The molecule has 0 spiro atoms. The van der Waals surface area contributed by atoms with Gasteiger partial charge in [-0.2, -0.15) is 5.10 Å². The van der Waals surface area contributed by atoms with E-state index in [4.69, 9.17) is 5.73 Å². The number of nitrogens with zero attached hydrogens (tertiary/aromatic N) is 2. The van der Waals surface area contributed by atoms with Crippen molar-refractivity contribution in [2.45, 2.75) is 38.3 Å². The SMILES string of the molecule is CC(C)n1ncc(Br)c1C(O)(CN)C1CC1. The Kier molecular flexibility index (Phi) is 3.11. The Bertz CT molecular complexity index is 387. The van der Waals surface area contributed by atoms with Crippen molar-refractivity contribution in [3.05, 3.63) is 16.4 Å². The molecule has 1 aliphatic rings. The molecule has 1 unspecified atom stereocenters. The van der Waals surface area contributed by atoms with E-state index in [1.807, 2.05) is 18.5 Å². The van der Waals surface area contributed by atoms with Crippen molar-refractivity contribution >= 4 is 15.9 Å². The lowest BCUT2D eigenvalue weighted by Crippen LogP contribution is -2.40. The fourth-order valence-corrected chi connectivity index (χ4v) is 2.77. The standard InChI is InChI=1S/C11H18BrN3O/c1-7(2)15-10(9(12)5-14-15)11(16,6-13)8-3-4-8/h5,7-8,16H,3-4,6,13H2,1-2H3. The van der Waals surface area contributed by atoms with Crippen LogP contribution in [0.1, 0.15) is 38.4 Å². The van der Waals surface area contributed by atoms with Gasteiger partial charge in [0.1, 0.15) is 5.60 Å². The van der Waals surface area contributed by atoms with Crippen molar-refractivity contribution in [3.8, 4) is 0 Å². The average molecular weight is 288 g/mol. The maximum atomic E-state index is 10.7. The van der Waals surface area contributed by atoms with E-state index in [-0.39, 0.29) is 18.5 Å². The Morgan fingerprint density at radius 3 is 2.75 bits per heavy atom. The minimum atomic E-state index is -0.931. The molecule has 0 radical (unpaired) electrons. The third-order valence-electron chi connectivity index (χ3n) is 3.21. The second-order valence-corrected chi connectivity index (χ2v) is 5.64. The fraction of sp³-hybridized carbons (Fsp3) is 0.727. The van der Waals surface area contributed by atoms with E-state index in [9.17, 15) is 5.11 Å². The molecule has 1 aromatic rings. The monoisotopic (exact) mass is 287 g/mol. The fourth-order valence-electron chi connectivity index (χ4n) is 2.16. The highest BCUT2D eigenvalue weighted by atomic mass is 79.9. The molecule has 0 saturated heterocycles. The lowest BCUT2D eigenvalue weighted by molar-refractivity contribution is 0.0115. The molecule has 5 heteroatoms. The minimum absolute atomic E-state index is 0.220. The van der Waals surface area contributed by atoms with Crippen LogP contribution in [0.25, 0.3) is 0 Å². The predicted molar refractivity (Wildman–Crippen MR) is 66.0 cm³/mol. The highest BCUT2D eigenvalue weighted by Gasteiger charge is 2.47. The number of hydrogen-bond donors (Lipinski definition) is 2. The molecule has 0 bridgehead atoms. The van der Waals surface area contributed by atoms with Gasteiger partial charge in [0, 0.05) is 12.6 Å². The number of rotatable bonds is 4. The molecule has 1 heterocycles. The Labute approximate surface area is 104 Å². The van der Waals surface area contributed by atoms with E-state index >= 15 is 0 Å². The molecule has 16 heavy (non-hydrogen) atoms. The summed E-state index contributed by atoms with van der Waals surface area (Å²) < 4.78 is 2.70. The molecule has 0 aliphatic heterocycles. The first-order valence-electron chi connectivity index (χ1n) is 5.66. The van der Waals surface area contributed by atoms with Gasteiger partial charge in [0.2, 0.25) is 0 Å². The summed E-state index contributed by atoms with van der Waals surface area (Å²) in [5.74, 6) is 0.281. The lowest BCUT2D eigenvalue weighted by atomic mass is 9.93. The summed E-state index contributed by atoms with van der Waals surface area (Å²) in [6.45, 7) is 4.34. The molecule has 90 valence electrons. The van der Waals surface area contributed by atoms with Crippen molar-refractivity contribution < 1.29 is 5.11 Å². The Balaban J connectivity index is 2.48. The van der Waals surface area contributed by atoms with Gasteiger partial charge < -0.3 is 10.8 Å². The third-order valence-corrected chi connectivity index (χ3v) is 3.79. The molecule has 4 nitrogen and oxygen atoms in total. The summed E-state index contributed by atoms with van der Waals surface area (Å²) >= 11 is 3.46. The highest BCUT2D eigenvalue weighted by molar-refractivity contribution is 9.10. The molecule has 1 aliphatic carbocycles. The lowest BCUT2D eigenvalue weighted by Gasteiger charge is -2.29. The molecule has 2 rings (SSSR count). The zero-order valence-corrected chi connectivity index (χ0v) is 11.2. The first-order chi connectivity index (χ1) is 7.50. The van der Waals surface area contributed by atoms with Crippen molar-refractivity contribution in [1.29, 1.82) is 0 Å². The van der Waals surface area contributed by atoms with Gasteiger partial charge >= 0.3 is 0 Å². The molecule has 1 atom stereocenters. The number of aromatic nitrogens is 2. The summed E-state index contributed by atoms with van der Waals surface area (Å²) in [7, 11) is 0. The van der Waals surface area contributed by atoms with E-state index < -0.39 is 5.60 Å². The second-order valence-electron chi connectivity index (χ2n) is 4.78. The highest BCUT2D eigenvalue weighted by Crippen LogP contribution is 2.47.